The molecule has 12 heavy (non-hydrogen) atoms. The van der Waals surface area contributed by atoms with Crippen molar-refractivity contribution in [2.75, 3.05) is 5.75 Å². The molecule has 1 aromatic heterocycles. The molecule has 1 aromatic rings. The zero-order valence-electron chi connectivity index (χ0n) is 6.17. The molecule has 0 unspecified atom stereocenters. The molecule has 3 nitrogen and oxygen atoms in total. The molecule has 66 valence electrons. The SMILES string of the molecule is O=S(=O)(O)C/C=C/c1cccs1. The van der Waals surface area contributed by atoms with Crippen LogP contribution >= 0.6 is 11.3 Å². The van der Waals surface area contributed by atoms with Gasteiger partial charge >= 0.3 is 0 Å². The Morgan fingerprint density at radius 3 is 2.83 bits per heavy atom. The first kappa shape index (κ1) is 9.44. The van der Waals surface area contributed by atoms with Gasteiger partial charge in [0.2, 0.25) is 0 Å². The lowest BCUT2D eigenvalue weighted by Gasteiger charge is -1.86. The van der Waals surface area contributed by atoms with Gasteiger partial charge in [-0.05, 0) is 17.5 Å². The van der Waals surface area contributed by atoms with Gasteiger partial charge in [0.05, 0.1) is 5.75 Å². The van der Waals surface area contributed by atoms with Crippen LogP contribution in [0.15, 0.2) is 23.6 Å². The minimum atomic E-state index is -3.86. The van der Waals surface area contributed by atoms with Gasteiger partial charge in [-0.3, -0.25) is 4.55 Å². The highest BCUT2D eigenvalue weighted by atomic mass is 32.2. The molecular formula is C7H8O3S2. The molecule has 0 atom stereocenters. The maximum atomic E-state index is 10.3. The molecule has 1 N–H and O–H groups in total. The molecule has 0 aromatic carbocycles. The zero-order chi connectivity index (χ0) is 9.03. The second-order valence-corrected chi connectivity index (χ2v) is 4.64. The third kappa shape index (κ3) is 3.66. The molecule has 0 saturated carbocycles. The Kier molecular flexibility index (Phi) is 3.02. The maximum Gasteiger partial charge on any atom is 0.268 e. The lowest BCUT2D eigenvalue weighted by atomic mass is 10.4. The molecule has 1 rings (SSSR count). The third-order valence-corrected chi connectivity index (χ3v) is 2.58. The monoisotopic (exact) mass is 204 g/mol. The van der Waals surface area contributed by atoms with E-state index in [9.17, 15) is 8.42 Å². The Balaban J connectivity index is 2.54. The molecule has 0 fully saturated rings. The van der Waals surface area contributed by atoms with E-state index >= 15 is 0 Å². The standard InChI is InChI=1S/C7H8O3S2/c8-12(9,10)6-2-4-7-3-1-5-11-7/h1-5H,6H2,(H,8,9,10)/b4-2+. The van der Waals surface area contributed by atoms with E-state index in [1.54, 1.807) is 6.08 Å². The van der Waals surface area contributed by atoms with Crippen LogP contribution in [0.2, 0.25) is 0 Å². The van der Waals surface area contributed by atoms with Crippen molar-refractivity contribution < 1.29 is 13.0 Å². The Morgan fingerprint density at radius 1 is 1.58 bits per heavy atom. The second kappa shape index (κ2) is 3.84. The summed E-state index contributed by atoms with van der Waals surface area (Å²) >= 11 is 1.51. The molecule has 1 heterocycles. The van der Waals surface area contributed by atoms with E-state index in [-0.39, 0.29) is 5.75 Å². The highest BCUT2D eigenvalue weighted by molar-refractivity contribution is 7.85. The third-order valence-electron chi connectivity index (χ3n) is 1.13. The van der Waals surface area contributed by atoms with Gasteiger partial charge in [-0.25, -0.2) is 0 Å². The van der Waals surface area contributed by atoms with Crippen molar-refractivity contribution in [2.24, 2.45) is 0 Å². The van der Waals surface area contributed by atoms with Gasteiger partial charge in [0.1, 0.15) is 0 Å². The lowest BCUT2D eigenvalue weighted by Crippen LogP contribution is -1.99. The van der Waals surface area contributed by atoms with E-state index in [0.717, 1.165) is 4.88 Å². The van der Waals surface area contributed by atoms with Gasteiger partial charge in [-0.2, -0.15) is 8.42 Å². The van der Waals surface area contributed by atoms with Crippen molar-refractivity contribution in [1.29, 1.82) is 0 Å². The molecule has 0 bridgehead atoms. The number of hydrogen-bond donors (Lipinski definition) is 1. The van der Waals surface area contributed by atoms with Crippen LogP contribution in [0.25, 0.3) is 6.08 Å². The van der Waals surface area contributed by atoms with E-state index in [2.05, 4.69) is 0 Å². The van der Waals surface area contributed by atoms with Gasteiger partial charge in [0, 0.05) is 4.88 Å². The Bertz CT molecular complexity index is 348. The van der Waals surface area contributed by atoms with Crippen molar-refractivity contribution in [2.45, 2.75) is 0 Å². The molecule has 0 aliphatic heterocycles. The molecule has 5 heteroatoms. The average Bonchev–Trinajstić information content (AvgIpc) is 2.36. The number of hydrogen-bond acceptors (Lipinski definition) is 3. The van der Waals surface area contributed by atoms with Crippen LogP contribution in [0.4, 0.5) is 0 Å². The van der Waals surface area contributed by atoms with Crippen LogP contribution < -0.4 is 0 Å². The van der Waals surface area contributed by atoms with Crippen molar-refractivity contribution in [3.05, 3.63) is 28.5 Å². The van der Waals surface area contributed by atoms with Crippen LogP contribution in [0.3, 0.4) is 0 Å². The minimum absolute atomic E-state index is 0.328. The zero-order valence-corrected chi connectivity index (χ0v) is 7.81. The topological polar surface area (TPSA) is 54.4 Å². The fourth-order valence-electron chi connectivity index (χ4n) is 0.672. The minimum Gasteiger partial charge on any atom is -0.285 e. The fraction of sp³-hybridized carbons (Fsp3) is 0.143. The second-order valence-electron chi connectivity index (χ2n) is 2.17. The van der Waals surface area contributed by atoms with Gasteiger partial charge in [0.25, 0.3) is 10.1 Å². The summed E-state index contributed by atoms with van der Waals surface area (Å²) in [5, 5.41) is 1.90. The summed E-state index contributed by atoms with van der Waals surface area (Å²) in [5.41, 5.74) is 0. The Labute approximate surface area is 75.1 Å². The van der Waals surface area contributed by atoms with E-state index in [0.29, 0.717) is 0 Å². The van der Waals surface area contributed by atoms with Gasteiger partial charge in [-0.15, -0.1) is 11.3 Å². The van der Waals surface area contributed by atoms with Crippen molar-refractivity contribution in [3.8, 4) is 0 Å². The summed E-state index contributed by atoms with van der Waals surface area (Å²) in [4.78, 5) is 0.971. The molecule has 0 aliphatic rings. The number of thiophene rings is 1. The molecule has 0 saturated heterocycles. The van der Waals surface area contributed by atoms with Gasteiger partial charge in [-0.1, -0.05) is 12.1 Å². The average molecular weight is 204 g/mol. The lowest BCUT2D eigenvalue weighted by molar-refractivity contribution is 0.487. The number of rotatable bonds is 3. The van der Waals surface area contributed by atoms with Crippen molar-refractivity contribution in [1.82, 2.24) is 0 Å². The summed E-state index contributed by atoms with van der Waals surface area (Å²) in [6, 6.07) is 3.74. The Morgan fingerprint density at radius 2 is 2.33 bits per heavy atom. The summed E-state index contributed by atoms with van der Waals surface area (Å²) in [6.45, 7) is 0. The van der Waals surface area contributed by atoms with E-state index in [4.69, 9.17) is 4.55 Å². The highest BCUT2D eigenvalue weighted by Crippen LogP contribution is 2.09. The van der Waals surface area contributed by atoms with Crippen LogP contribution in [0, 0.1) is 0 Å². The van der Waals surface area contributed by atoms with E-state index in [1.807, 2.05) is 17.5 Å². The fourth-order valence-corrected chi connectivity index (χ4v) is 1.66. The smallest absolute Gasteiger partial charge is 0.268 e. The normalized spacial score (nSPS) is 12.4. The summed E-state index contributed by atoms with van der Waals surface area (Å²) in [5.74, 6) is -0.328. The van der Waals surface area contributed by atoms with Crippen LogP contribution in [-0.2, 0) is 10.1 Å². The molecule has 0 amide bonds. The van der Waals surface area contributed by atoms with E-state index in [1.165, 1.54) is 17.4 Å². The predicted octanol–water partition coefficient (Wildman–Crippen LogP) is 1.65. The summed E-state index contributed by atoms with van der Waals surface area (Å²) in [6.07, 6.45) is 3.08. The quantitative estimate of drug-likeness (QED) is 0.762. The first-order valence-electron chi connectivity index (χ1n) is 3.23. The van der Waals surface area contributed by atoms with Crippen LogP contribution in [-0.4, -0.2) is 18.7 Å². The van der Waals surface area contributed by atoms with Crippen molar-refractivity contribution >= 4 is 27.5 Å². The first-order chi connectivity index (χ1) is 5.58. The largest absolute Gasteiger partial charge is 0.285 e. The summed E-state index contributed by atoms with van der Waals surface area (Å²) in [7, 11) is -3.86. The molecular weight excluding hydrogens is 196 g/mol. The Hall–Kier alpha value is -0.650. The molecule has 0 radical (unpaired) electrons. The molecule has 0 aliphatic carbocycles. The van der Waals surface area contributed by atoms with Crippen LogP contribution in [0.1, 0.15) is 4.88 Å². The van der Waals surface area contributed by atoms with Crippen molar-refractivity contribution in [3.63, 3.8) is 0 Å². The van der Waals surface area contributed by atoms with Crippen LogP contribution in [0.5, 0.6) is 0 Å². The van der Waals surface area contributed by atoms with E-state index < -0.39 is 10.1 Å². The predicted molar refractivity (Wildman–Crippen MR) is 49.8 cm³/mol. The molecule has 0 spiro atoms. The first-order valence-corrected chi connectivity index (χ1v) is 5.72. The summed E-state index contributed by atoms with van der Waals surface area (Å²) < 4.78 is 28.9. The van der Waals surface area contributed by atoms with Gasteiger partial charge < -0.3 is 0 Å². The highest BCUT2D eigenvalue weighted by Gasteiger charge is 1.98. The maximum absolute atomic E-state index is 10.3. The van der Waals surface area contributed by atoms with Gasteiger partial charge in [0.15, 0.2) is 0 Å².